The van der Waals surface area contributed by atoms with Gasteiger partial charge in [-0.2, -0.15) is 0 Å². The second-order valence-corrected chi connectivity index (χ2v) is 6.69. The lowest BCUT2D eigenvalue weighted by Crippen LogP contribution is -2.19. The average Bonchev–Trinajstić information content (AvgIpc) is 3.07. The number of methoxy groups -OCH3 is 1. The molecule has 3 atom stereocenters. The minimum atomic E-state index is 0.780. The molecule has 3 unspecified atom stereocenters. The molecule has 114 valence electrons. The molecule has 0 radical (unpaired) electrons. The Bertz CT molecular complexity index is 524. The van der Waals surface area contributed by atoms with Crippen molar-refractivity contribution in [3.8, 4) is 5.75 Å². The van der Waals surface area contributed by atoms with Crippen LogP contribution in [0.15, 0.2) is 30.4 Å². The summed E-state index contributed by atoms with van der Waals surface area (Å²) in [6.07, 6.45) is 7.53. The summed E-state index contributed by atoms with van der Waals surface area (Å²) in [6, 6.07) is 6.44. The lowest BCUT2D eigenvalue weighted by Gasteiger charge is -2.21. The monoisotopic (exact) mass is 286 g/mol. The van der Waals surface area contributed by atoms with Crippen molar-refractivity contribution >= 4 is 5.69 Å². The highest BCUT2D eigenvalue weighted by atomic mass is 16.5. The summed E-state index contributed by atoms with van der Waals surface area (Å²) < 4.78 is 5.49. The Balaban J connectivity index is 1.66. The average molecular weight is 286 g/mol. The molecular weight excluding hydrogens is 260 g/mol. The number of nitrogens with zero attached hydrogens (tertiary/aromatic N) is 1. The third-order valence-electron chi connectivity index (χ3n) is 4.73. The fraction of sp³-hybridized carbons (Fsp3) is 0.556. The first-order chi connectivity index (χ1) is 10.2. The predicted molar refractivity (Wildman–Crippen MR) is 87.7 cm³/mol. The molecular formula is C18H26N2O. The molecule has 3 nitrogen and oxygen atoms in total. The zero-order valence-corrected chi connectivity index (χ0v) is 13.3. The molecule has 1 N–H and O–H groups in total. The largest absolute Gasteiger partial charge is 0.495 e. The molecule has 2 aliphatic rings. The maximum atomic E-state index is 5.49. The van der Waals surface area contributed by atoms with E-state index in [0.717, 1.165) is 42.3 Å². The van der Waals surface area contributed by atoms with Gasteiger partial charge in [0, 0.05) is 13.1 Å². The van der Waals surface area contributed by atoms with Crippen molar-refractivity contribution < 1.29 is 4.74 Å². The molecule has 0 heterocycles. The maximum absolute atomic E-state index is 5.49. The summed E-state index contributed by atoms with van der Waals surface area (Å²) >= 11 is 0. The topological polar surface area (TPSA) is 24.5 Å². The van der Waals surface area contributed by atoms with E-state index >= 15 is 0 Å². The van der Waals surface area contributed by atoms with Crippen LogP contribution < -0.4 is 10.1 Å². The first-order valence-corrected chi connectivity index (χ1v) is 7.89. The second-order valence-electron chi connectivity index (χ2n) is 6.69. The number of anilines is 1. The van der Waals surface area contributed by atoms with E-state index < -0.39 is 0 Å². The van der Waals surface area contributed by atoms with Crippen LogP contribution in [0.3, 0.4) is 0 Å². The Labute approximate surface area is 128 Å². The first kappa shape index (κ1) is 14.5. The van der Waals surface area contributed by atoms with Gasteiger partial charge in [-0.25, -0.2) is 0 Å². The van der Waals surface area contributed by atoms with Crippen molar-refractivity contribution in [2.75, 3.05) is 33.1 Å². The van der Waals surface area contributed by atoms with Crippen molar-refractivity contribution in [1.82, 2.24) is 4.90 Å². The second kappa shape index (κ2) is 6.10. The number of hydrogen-bond acceptors (Lipinski definition) is 3. The Morgan fingerprint density at radius 2 is 2.10 bits per heavy atom. The normalized spacial score (nSPS) is 26.6. The van der Waals surface area contributed by atoms with E-state index in [0.29, 0.717) is 0 Å². The number of fused-ring (bicyclic) bond motifs is 2. The summed E-state index contributed by atoms with van der Waals surface area (Å²) in [5.41, 5.74) is 2.44. The van der Waals surface area contributed by atoms with Crippen LogP contribution in [-0.2, 0) is 6.54 Å². The van der Waals surface area contributed by atoms with Gasteiger partial charge in [0.2, 0.25) is 0 Å². The smallest absolute Gasteiger partial charge is 0.141 e. The third-order valence-corrected chi connectivity index (χ3v) is 4.73. The first-order valence-electron chi connectivity index (χ1n) is 7.89. The van der Waals surface area contributed by atoms with Crippen LogP contribution in [0.4, 0.5) is 5.69 Å². The van der Waals surface area contributed by atoms with Gasteiger partial charge in [-0.3, -0.25) is 0 Å². The number of rotatable bonds is 6. The molecule has 0 aromatic heterocycles. The van der Waals surface area contributed by atoms with E-state index in [1.54, 1.807) is 7.11 Å². The summed E-state index contributed by atoms with van der Waals surface area (Å²) in [5, 5.41) is 3.63. The van der Waals surface area contributed by atoms with E-state index in [-0.39, 0.29) is 0 Å². The van der Waals surface area contributed by atoms with Crippen LogP contribution in [0.25, 0.3) is 0 Å². The number of hydrogen-bond donors (Lipinski definition) is 1. The zero-order chi connectivity index (χ0) is 14.8. The van der Waals surface area contributed by atoms with Crippen LogP contribution >= 0.6 is 0 Å². The van der Waals surface area contributed by atoms with Crippen molar-refractivity contribution in [3.63, 3.8) is 0 Å². The van der Waals surface area contributed by atoms with E-state index in [2.05, 4.69) is 54.7 Å². The molecule has 1 aromatic carbocycles. The summed E-state index contributed by atoms with van der Waals surface area (Å²) in [5.74, 6) is 3.35. The summed E-state index contributed by atoms with van der Waals surface area (Å²) in [7, 11) is 5.93. The molecule has 21 heavy (non-hydrogen) atoms. The molecule has 3 heteroatoms. The maximum Gasteiger partial charge on any atom is 0.141 e. The lowest BCUT2D eigenvalue weighted by molar-refractivity contribution is 0.400. The third kappa shape index (κ3) is 3.24. The number of ether oxygens (including phenoxy) is 1. The van der Waals surface area contributed by atoms with Crippen molar-refractivity contribution in [1.29, 1.82) is 0 Å². The summed E-state index contributed by atoms with van der Waals surface area (Å²) in [4.78, 5) is 2.19. The highest BCUT2D eigenvalue weighted by molar-refractivity contribution is 5.58. The van der Waals surface area contributed by atoms with Gasteiger partial charge in [0.25, 0.3) is 0 Å². The van der Waals surface area contributed by atoms with Crippen molar-refractivity contribution in [2.24, 2.45) is 17.8 Å². The Hall–Kier alpha value is -1.48. The zero-order valence-electron chi connectivity index (χ0n) is 13.3. The van der Waals surface area contributed by atoms with Gasteiger partial charge in [0.15, 0.2) is 0 Å². The van der Waals surface area contributed by atoms with E-state index in [1.807, 2.05) is 0 Å². The van der Waals surface area contributed by atoms with Crippen LogP contribution in [0, 0.1) is 17.8 Å². The van der Waals surface area contributed by atoms with Gasteiger partial charge in [-0.05, 0) is 62.4 Å². The lowest BCUT2D eigenvalue weighted by atomic mass is 9.93. The quantitative estimate of drug-likeness (QED) is 0.811. The molecule has 3 rings (SSSR count). The Morgan fingerprint density at radius 1 is 1.24 bits per heavy atom. The predicted octanol–water partition coefficient (Wildman–Crippen LogP) is 3.38. The van der Waals surface area contributed by atoms with Gasteiger partial charge in [-0.15, -0.1) is 0 Å². The fourth-order valence-electron chi connectivity index (χ4n) is 3.73. The molecule has 1 fully saturated rings. The molecule has 0 saturated heterocycles. The minimum Gasteiger partial charge on any atom is -0.495 e. The number of benzene rings is 1. The molecule has 1 aromatic rings. The molecule has 0 spiro atoms. The van der Waals surface area contributed by atoms with Crippen LogP contribution in [0.2, 0.25) is 0 Å². The molecule has 0 aliphatic heterocycles. The van der Waals surface area contributed by atoms with Crippen LogP contribution in [0.5, 0.6) is 5.75 Å². The number of nitrogens with one attached hydrogen (secondary N) is 1. The van der Waals surface area contributed by atoms with Crippen LogP contribution in [0.1, 0.15) is 18.4 Å². The van der Waals surface area contributed by atoms with E-state index in [4.69, 9.17) is 4.74 Å². The minimum absolute atomic E-state index is 0.780. The van der Waals surface area contributed by atoms with Crippen molar-refractivity contribution in [3.05, 3.63) is 35.9 Å². The SMILES string of the molecule is COc1ccc(CN(C)C)cc1NCC1CC2C=CC1C2. The Morgan fingerprint density at radius 3 is 2.71 bits per heavy atom. The van der Waals surface area contributed by atoms with Gasteiger partial charge in [0.1, 0.15) is 5.75 Å². The van der Waals surface area contributed by atoms with E-state index in [9.17, 15) is 0 Å². The van der Waals surface area contributed by atoms with Crippen LogP contribution in [-0.4, -0.2) is 32.6 Å². The number of allylic oxidation sites excluding steroid dienone is 2. The standard InChI is InChI=1S/C18H26N2O/c1-20(2)12-14-5-7-18(21-3)17(10-14)19-11-16-9-13-4-6-15(16)8-13/h4-7,10,13,15-16,19H,8-9,11-12H2,1-3H3. The summed E-state index contributed by atoms with van der Waals surface area (Å²) in [6.45, 7) is 2.00. The molecule has 2 aliphatic carbocycles. The van der Waals surface area contributed by atoms with Crippen molar-refractivity contribution in [2.45, 2.75) is 19.4 Å². The van der Waals surface area contributed by atoms with Gasteiger partial charge >= 0.3 is 0 Å². The van der Waals surface area contributed by atoms with Gasteiger partial charge in [-0.1, -0.05) is 18.2 Å². The fourth-order valence-corrected chi connectivity index (χ4v) is 3.73. The Kier molecular flexibility index (Phi) is 4.20. The molecule has 1 saturated carbocycles. The highest BCUT2D eigenvalue weighted by Crippen LogP contribution is 2.43. The highest BCUT2D eigenvalue weighted by Gasteiger charge is 2.35. The van der Waals surface area contributed by atoms with Gasteiger partial charge in [0.05, 0.1) is 12.8 Å². The molecule has 0 amide bonds. The van der Waals surface area contributed by atoms with E-state index in [1.165, 1.54) is 18.4 Å². The molecule has 2 bridgehead atoms. The van der Waals surface area contributed by atoms with Gasteiger partial charge < -0.3 is 15.0 Å².